The van der Waals surface area contributed by atoms with Gasteiger partial charge in [-0.3, -0.25) is 9.59 Å². The third kappa shape index (κ3) is 5.62. The van der Waals surface area contributed by atoms with E-state index in [0.29, 0.717) is 22.0 Å². The fourth-order valence-electron chi connectivity index (χ4n) is 2.69. The van der Waals surface area contributed by atoms with Crippen molar-refractivity contribution >= 4 is 46.6 Å². The van der Waals surface area contributed by atoms with Crippen LogP contribution in [0, 0.1) is 12.7 Å². The van der Waals surface area contributed by atoms with Gasteiger partial charge in [-0.15, -0.1) is 11.8 Å². The molecule has 0 aliphatic rings. The molecule has 154 valence electrons. The zero-order valence-corrected chi connectivity index (χ0v) is 18.0. The van der Waals surface area contributed by atoms with Gasteiger partial charge >= 0.3 is 0 Å². The van der Waals surface area contributed by atoms with Gasteiger partial charge in [-0.2, -0.15) is 0 Å². The highest BCUT2D eigenvalue weighted by atomic mass is 35.5. The second-order valence-corrected chi connectivity index (χ2v) is 8.47. The first-order chi connectivity index (χ1) is 14.3. The van der Waals surface area contributed by atoms with Crippen LogP contribution < -0.4 is 10.6 Å². The smallest absolute Gasteiger partial charge is 0.255 e. The Labute approximate surface area is 183 Å². The molecule has 0 radical (unpaired) electrons. The van der Waals surface area contributed by atoms with Gasteiger partial charge in [-0.05, 0) is 74.0 Å². The number of carbonyl (C=O) groups is 2. The van der Waals surface area contributed by atoms with E-state index in [2.05, 4.69) is 10.6 Å². The summed E-state index contributed by atoms with van der Waals surface area (Å²) in [5, 5.41) is 5.91. The molecule has 0 spiro atoms. The van der Waals surface area contributed by atoms with Crippen molar-refractivity contribution in [2.24, 2.45) is 0 Å². The molecule has 3 aromatic rings. The molecule has 0 bridgehead atoms. The normalized spacial score (nSPS) is 11.6. The summed E-state index contributed by atoms with van der Waals surface area (Å²) in [6.45, 7) is 3.66. The number of halogens is 2. The highest BCUT2D eigenvalue weighted by molar-refractivity contribution is 8.00. The van der Waals surface area contributed by atoms with Crippen molar-refractivity contribution in [3.63, 3.8) is 0 Å². The zero-order chi connectivity index (χ0) is 21.7. The summed E-state index contributed by atoms with van der Waals surface area (Å²) in [5.74, 6) is -0.879. The van der Waals surface area contributed by atoms with Crippen LogP contribution in [-0.2, 0) is 4.79 Å². The van der Waals surface area contributed by atoms with Crippen LogP contribution in [0.25, 0.3) is 0 Å². The predicted octanol–water partition coefficient (Wildman–Crippen LogP) is 6.16. The molecule has 2 N–H and O–H groups in total. The first kappa shape index (κ1) is 21.9. The highest BCUT2D eigenvalue weighted by Gasteiger charge is 2.16. The maximum absolute atomic E-state index is 13.0. The Hall–Kier alpha value is -2.83. The van der Waals surface area contributed by atoms with Gasteiger partial charge in [0.1, 0.15) is 5.82 Å². The summed E-state index contributed by atoms with van der Waals surface area (Å²) in [7, 11) is 0. The maximum atomic E-state index is 13.0. The fraction of sp³-hybridized carbons (Fsp3) is 0.130. The summed E-state index contributed by atoms with van der Waals surface area (Å²) in [5.41, 5.74) is 2.45. The highest BCUT2D eigenvalue weighted by Crippen LogP contribution is 2.28. The topological polar surface area (TPSA) is 58.2 Å². The number of nitrogens with one attached hydrogen (secondary N) is 2. The third-order valence-corrected chi connectivity index (χ3v) is 5.91. The van der Waals surface area contributed by atoms with Crippen molar-refractivity contribution in [2.45, 2.75) is 24.0 Å². The summed E-state index contributed by atoms with van der Waals surface area (Å²) in [6.07, 6.45) is 0. The van der Waals surface area contributed by atoms with Crippen molar-refractivity contribution in [2.75, 3.05) is 10.6 Å². The molecule has 1 atom stereocenters. The first-order valence-corrected chi connectivity index (χ1v) is 10.5. The van der Waals surface area contributed by atoms with E-state index in [1.165, 1.54) is 36.0 Å². The van der Waals surface area contributed by atoms with Crippen molar-refractivity contribution in [1.29, 1.82) is 0 Å². The SMILES string of the molecule is Cc1c(Cl)cccc1NC(=O)C(C)Sc1cccc(NC(=O)c2ccc(F)cc2)c1. The van der Waals surface area contributed by atoms with E-state index in [9.17, 15) is 14.0 Å². The van der Waals surface area contributed by atoms with Gasteiger partial charge < -0.3 is 10.6 Å². The van der Waals surface area contributed by atoms with E-state index in [4.69, 9.17) is 11.6 Å². The Bertz CT molecular complexity index is 1070. The van der Waals surface area contributed by atoms with E-state index < -0.39 is 5.82 Å². The van der Waals surface area contributed by atoms with Gasteiger partial charge in [0, 0.05) is 26.9 Å². The van der Waals surface area contributed by atoms with Gasteiger partial charge in [0.05, 0.1) is 5.25 Å². The molecule has 1 unspecified atom stereocenters. The molecule has 3 aromatic carbocycles. The monoisotopic (exact) mass is 442 g/mol. The zero-order valence-electron chi connectivity index (χ0n) is 16.4. The van der Waals surface area contributed by atoms with E-state index in [1.54, 1.807) is 30.3 Å². The van der Waals surface area contributed by atoms with Crippen LogP contribution in [0.2, 0.25) is 5.02 Å². The Kier molecular flexibility index (Phi) is 7.13. The number of anilines is 2. The van der Waals surface area contributed by atoms with Gasteiger partial charge in [-0.1, -0.05) is 23.7 Å². The van der Waals surface area contributed by atoms with Gasteiger partial charge in [0.25, 0.3) is 5.91 Å². The number of benzene rings is 3. The minimum absolute atomic E-state index is 0.147. The Morgan fingerprint density at radius 1 is 1.00 bits per heavy atom. The van der Waals surface area contributed by atoms with Crippen LogP contribution in [0.5, 0.6) is 0 Å². The predicted molar refractivity (Wildman–Crippen MR) is 121 cm³/mol. The van der Waals surface area contributed by atoms with Gasteiger partial charge in [-0.25, -0.2) is 4.39 Å². The van der Waals surface area contributed by atoms with E-state index in [0.717, 1.165) is 10.5 Å². The summed E-state index contributed by atoms with van der Waals surface area (Å²) < 4.78 is 13.0. The third-order valence-electron chi connectivity index (χ3n) is 4.41. The van der Waals surface area contributed by atoms with Crippen LogP contribution in [0.3, 0.4) is 0 Å². The molecule has 0 heterocycles. The fourth-order valence-corrected chi connectivity index (χ4v) is 3.79. The van der Waals surface area contributed by atoms with Crippen molar-refractivity contribution in [3.8, 4) is 0 Å². The summed E-state index contributed by atoms with van der Waals surface area (Å²) >= 11 is 7.48. The van der Waals surface area contributed by atoms with Crippen LogP contribution in [0.1, 0.15) is 22.8 Å². The van der Waals surface area contributed by atoms with E-state index in [1.807, 2.05) is 26.0 Å². The number of hydrogen-bond acceptors (Lipinski definition) is 3. The molecule has 0 aliphatic carbocycles. The average Bonchev–Trinajstić information content (AvgIpc) is 2.72. The number of hydrogen-bond donors (Lipinski definition) is 2. The molecule has 4 nitrogen and oxygen atoms in total. The molecule has 0 aromatic heterocycles. The lowest BCUT2D eigenvalue weighted by Crippen LogP contribution is -2.22. The van der Waals surface area contributed by atoms with Crippen LogP contribution in [0.15, 0.2) is 71.6 Å². The second-order valence-electron chi connectivity index (χ2n) is 6.65. The molecular weight excluding hydrogens is 423 g/mol. The van der Waals surface area contributed by atoms with E-state index >= 15 is 0 Å². The number of carbonyl (C=O) groups excluding carboxylic acids is 2. The van der Waals surface area contributed by atoms with Crippen LogP contribution >= 0.6 is 23.4 Å². The summed E-state index contributed by atoms with van der Waals surface area (Å²) in [4.78, 5) is 25.7. The van der Waals surface area contributed by atoms with Gasteiger partial charge in [0.2, 0.25) is 5.91 Å². The van der Waals surface area contributed by atoms with Crippen LogP contribution in [0.4, 0.5) is 15.8 Å². The average molecular weight is 443 g/mol. The van der Waals surface area contributed by atoms with Crippen molar-refractivity contribution < 1.29 is 14.0 Å². The Morgan fingerprint density at radius 3 is 2.43 bits per heavy atom. The minimum Gasteiger partial charge on any atom is -0.325 e. The van der Waals surface area contributed by atoms with Crippen molar-refractivity contribution in [1.82, 2.24) is 0 Å². The molecule has 7 heteroatoms. The first-order valence-electron chi connectivity index (χ1n) is 9.23. The van der Waals surface area contributed by atoms with Crippen molar-refractivity contribution in [3.05, 3.63) is 88.7 Å². The molecule has 3 rings (SSSR count). The molecule has 0 fully saturated rings. The van der Waals surface area contributed by atoms with Gasteiger partial charge in [0.15, 0.2) is 0 Å². The molecule has 2 amide bonds. The minimum atomic E-state index is -0.398. The quantitative estimate of drug-likeness (QED) is 0.449. The molecular formula is C23H20ClFN2O2S. The second kappa shape index (κ2) is 9.78. The standard InChI is InChI=1S/C23H20ClFN2O2S/c1-14-20(24)7-4-8-21(14)27-22(28)15(2)30-19-6-3-5-18(13-19)26-23(29)16-9-11-17(25)12-10-16/h3-13,15H,1-2H3,(H,26,29)(H,27,28). The maximum Gasteiger partial charge on any atom is 0.255 e. The molecule has 0 saturated heterocycles. The lowest BCUT2D eigenvalue weighted by Gasteiger charge is -2.15. The Morgan fingerprint density at radius 2 is 1.70 bits per heavy atom. The number of amides is 2. The largest absolute Gasteiger partial charge is 0.325 e. The lowest BCUT2D eigenvalue weighted by molar-refractivity contribution is -0.115. The summed E-state index contributed by atoms with van der Waals surface area (Å²) in [6, 6.07) is 17.9. The molecule has 0 saturated carbocycles. The molecule has 30 heavy (non-hydrogen) atoms. The number of thioether (sulfide) groups is 1. The Balaban J connectivity index is 1.64. The molecule has 0 aliphatic heterocycles. The lowest BCUT2D eigenvalue weighted by atomic mass is 10.2. The van der Waals surface area contributed by atoms with Crippen LogP contribution in [-0.4, -0.2) is 17.1 Å². The van der Waals surface area contributed by atoms with E-state index in [-0.39, 0.29) is 17.1 Å². The number of rotatable bonds is 6.